The smallest absolute Gasteiger partial charge is 0.264 e. The number of hydrogen-bond donors (Lipinski definition) is 0. The van der Waals surface area contributed by atoms with Gasteiger partial charge in [0, 0.05) is 17.6 Å². The Kier molecular flexibility index (Phi) is 5.44. The molecule has 11 heteroatoms. The molecule has 26 heavy (non-hydrogen) atoms. The Morgan fingerprint density at radius 2 is 2.08 bits per heavy atom. The minimum absolute atomic E-state index is 0.135. The van der Waals surface area contributed by atoms with E-state index in [2.05, 4.69) is 15.0 Å². The van der Waals surface area contributed by atoms with Crippen LogP contribution in [0.3, 0.4) is 0 Å². The molecule has 0 radical (unpaired) electrons. The monoisotopic (exact) mass is 382 g/mol. The zero-order valence-corrected chi connectivity index (χ0v) is 14.9. The van der Waals surface area contributed by atoms with Crippen molar-refractivity contribution in [3.8, 4) is 0 Å². The Morgan fingerprint density at radius 3 is 2.69 bits per heavy atom. The third kappa shape index (κ3) is 3.97. The van der Waals surface area contributed by atoms with Crippen molar-refractivity contribution < 1.29 is 26.8 Å². The van der Waals surface area contributed by atoms with E-state index in [1.807, 2.05) is 30.3 Å². The number of azide groups is 1. The third-order valence-corrected chi connectivity index (χ3v) is 4.56. The Bertz CT molecular complexity index is 824. The average molecular weight is 382 g/mol. The van der Waals surface area contributed by atoms with E-state index >= 15 is 0 Å². The Balaban J connectivity index is 1.93. The van der Waals surface area contributed by atoms with Gasteiger partial charge in [0.05, 0.1) is 18.9 Å². The lowest BCUT2D eigenvalue weighted by Gasteiger charge is -2.40. The Labute approximate surface area is 150 Å². The van der Waals surface area contributed by atoms with E-state index < -0.39 is 40.8 Å². The highest BCUT2D eigenvalue weighted by Gasteiger charge is 2.53. The average Bonchev–Trinajstić information content (AvgIpc) is 3.06. The molecule has 0 bridgehead atoms. The Hall–Kier alpha value is -2.17. The maximum atomic E-state index is 11.7. The number of benzene rings is 1. The molecule has 0 aliphatic carbocycles. The molecule has 0 saturated carbocycles. The number of rotatable bonds is 6. The third-order valence-electron chi connectivity index (χ3n) is 3.99. The summed E-state index contributed by atoms with van der Waals surface area (Å²) in [5.41, 5.74) is 9.31. The number of ether oxygens (including phenoxy) is 3. The van der Waals surface area contributed by atoms with Gasteiger partial charge >= 0.3 is 0 Å². The summed E-state index contributed by atoms with van der Waals surface area (Å²) in [6.45, 7) is -0.135. The van der Waals surface area contributed by atoms with Gasteiger partial charge < -0.3 is 14.2 Å². The lowest BCUT2D eigenvalue weighted by Crippen LogP contribution is -2.58. The van der Waals surface area contributed by atoms with Crippen LogP contribution in [0.25, 0.3) is 10.4 Å². The zero-order valence-electron chi connectivity index (χ0n) is 14.1. The number of hydrogen-bond acceptors (Lipinski definition) is 8. The van der Waals surface area contributed by atoms with Crippen LogP contribution in [0.4, 0.5) is 0 Å². The highest BCUT2D eigenvalue weighted by atomic mass is 32.2. The summed E-state index contributed by atoms with van der Waals surface area (Å²) in [5, 5.41) is 3.47. The predicted octanol–water partition coefficient (Wildman–Crippen LogP) is 1.23. The van der Waals surface area contributed by atoms with Crippen LogP contribution in [-0.4, -0.2) is 64.9 Å². The number of aliphatic imine (C=N–C) groups is 1. The summed E-state index contributed by atoms with van der Waals surface area (Å²) in [6.07, 6.45) is -2.52. The molecule has 2 aliphatic rings. The van der Waals surface area contributed by atoms with E-state index in [1.54, 1.807) is 0 Å². The first-order valence-electron chi connectivity index (χ1n) is 7.80. The van der Waals surface area contributed by atoms with Crippen molar-refractivity contribution >= 4 is 16.0 Å². The first kappa shape index (κ1) is 18.6. The first-order valence-corrected chi connectivity index (χ1v) is 9.62. The molecule has 5 atom stereocenters. The quantitative estimate of drug-likeness (QED) is 0.314. The molecule has 10 nitrogen and oxygen atoms in total. The van der Waals surface area contributed by atoms with E-state index in [1.165, 1.54) is 7.11 Å². The maximum absolute atomic E-state index is 11.7. The van der Waals surface area contributed by atoms with E-state index in [0.29, 0.717) is 5.90 Å². The van der Waals surface area contributed by atoms with Crippen molar-refractivity contribution in [2.75, 3.05) is 19.9 Å². The van der Waals surface area contributed by atoms with Crippen molar-refractivity contribution in [3.05, 3.63) is 46.3 Å². The number of methoxy groups -OCH3 is 1. The van der Waals surface area contributed by atoms with Gasteiger partial charge in [-0.2, -0.15) is 8.42 Å². The van der Waals surface area contributed by atoms with Crippen LogP contribution in [0.5, 0.6) is 0 Å². The summed E-state index contributed by atoms with van der Waals surface area (Å²) < 4.78 is 45.6. The predicted molar refractivity (Wildman–Crippen MR) is 91.0 cm³/mol. The van der Waals surface area contributed by atoms with Gasteiger partial charge in [-0.1, -0.05) is 23.3 Å². The molecule has 0 spiro atoms. The Morgan fingerprint density at radius 1 is 1.35 bits per heavy atom. The highest BCUT2D eigenvalue weighted by Crippen LogP contribution is 2.34. The van der Waals surface area contributed by atoms with E-state index in [0.717, 1.165) is 11.8 Å². The van der Waals surface area contributed by atoms with Gasteiger partial charge in [-0.15, -0.1) is 0 Å². The van der Waals surface area contributed by atoms with E-state index in [4.69, 9.17) is 23.9 Å². The van der Waals surface area contributed by atoms with Gasteiger partial charge in [0.1, 0.15) is 12.1 Å². The molecule has 5 unspecified atom stereocenters. The second kappa shape index (κ2) is 7.60. The molecule has 2 aliphatic heterocycles. The SMILES string of the molecule is COC1OC(CN=[N+]=[N-])C(OS(C)(=O)=O)C2OC(c3ccccc3)=NC12. The fourth-order valence-electron chi connectivity index (χ4n) is 2.96. The standard InChI is InChI=1S/C15H18N4O6S/c1-22-15-11-13(24-14(18-11)9-6-4-3-5-7-9)12(25-26(2,20)21)10(23-15)8-17-19-16/h3-7,10-13,15H,8H2,1-2H3. The molecule has 3 rings (SSSR count). The molecule has 1 aromatic rings. The summed E-state index contributed by atoms with van der Waals surface area (Å²) in [6, 6.07) is 8.55. The van der Waals surface area contributed by atoms with Crippen molar-refractivity contribution in [1.82, 2.24) is 0 Å². The molecular weight excluding hydrogens is 364 g/mol. The molecule has 2 heterocycles. The van der Waals surface area contributed by atoms with Crippen molar-refractivity contribution in [3.63, 3.8) is 0 Å². The highest BCUT2D eigenvalue weighted by molar-refractivity contribution is 7.86. The second-order valence-electron chi connectivity index (χ2n) is 5.83. The van der Waals surface area contributed by atoms with E-state index in [9.17, 15) is 8.42 Å². The van der Waals surface area contributed by atoms with Crippen molar-refractivity contribution in [2.45, 2.75) is 30.6 Å². The molecule has 0 amide bonds. The van der Waals surface area contributed by atoms with Crippen molar-refractivity contribution in [2.24, 2.45) is 10.1 Å². The molecular formula is C15H18N4O6S. The minimum Gasteiger partial charge on any atom is -0.469 e. The van der Waals surface area contributed by atoms with Gasteiger partial charge in [0.15, 0.2) is 12.4 Å². The molecule has 0 aromatic heterocycles. The van der Waals surface area contributed by atoms with Crippen LogP contribution >= 0.6 is 0 Å². The van der Waals surface area contributed by atoms with Crippen LogP contribution in [0.2, 0.25) is 0 Å². The fourth-order valence-corrected chi connectivity index (χ4v) is 3.59. The van der Waals surface area contributed by atoms with Gasteiger partial charge in [0.2, 0.25) is 5.90 Å². The molecule has 1 fully saturated rings. The molecule has 1 aromatic carbocycles. The van der Waals surface area contributed by atoms with Gasteiger partial charge in [-0.05, 0) is 17.7 Å². The number of fused-ring (bicyclic) bond motifs is 1. The van der Waals surface area contributed by atoms with Gasteiger partial charge in [-0.25, -0.2) is 4.99 Å². The summed E-state index contributed by atoms with van der Waals surface area (Å²) in [4.78, 5) is 7.18. The second-order valence-corrected chi connectivity index (χ2v) is 7.43. The maximum Gasteiger partial charge on any atom is 0.264 e. The largest absolute Gasteiger partial charge is 0.469 e. The minimum atomic E-state index is -3.81. The lowest BCUT2D eigenvalue weighted by molar-refractivity contribution is -0.234. The zero-order chi connectivity index (χ0) is 18.7. The molecule has 0 N–H and O–H groups in total. The topological polar surface area (TPSA) is 132 Å². The normalized spacial score (nSPS) is 30.7. The molecule has 1 saturated heterocycles. The first-order chi connectivity index (χ1) is 12.4. The lowest BCUT2D eigenvalue weighted by atomic mass is 9.97. The molecule has 140 valence electrons. The van der Waals surface area contributed by atoms with Crippen LogP contribution < -0.4 is 0 Å². The van der Waals surface area contributed by atoms with E-state index in [-0.39, 0.29) is 6.54 Å². The number of nitrogens with zero attached hydrogens (tertiary/aromatic N) is 4. The summed E-state index contributed by atoms with van der Waals surface area (Å²) in [5.74, 6) is 0.345. The van der Waals surface area contributed by atoms with Gasteiger partial charge in [0.25, 0.3) is 10.1 Å². The summed E-state index contributed by atoms with van der Waals surface area (Å²) >= 11 is 0. The fraction of sp³-hybridized carbons (Fsp3) is 0.533. The van der Waals surface area contributed by atoms with Crippen molar-refractivity contribution in [1.29, 1.82) is 0 Å². The van der Waals surface area contributed by atoms with Crippen LogP contribution in [0, 0.1) is 0 Å². The van der Waals surface area contributed by atoms with Crippen LogP contribution in [0.1, 0.15) is 5.56 Å². The van der Waals surface area contributed by atoms with Gasteiger partial charge in [-0.3, -0.25) is 4.18 Å². The summed E-state index contributed by atoms with van der Waals surface area (Å²) in [7, 11) is -2.37. The van der Waals surface area contributed by atoms with Crippen LogP contribution in [-0.2, 0) is 28.5 Å². The van der Waals surface area contributed by atoms with Crippen LogP contribution in [0.15, 0.2) is 40.4 Å².